The third-order valence-corrected chi connectivity index (χ3v) is 4.05. The monoisotopic (exact) mass is 209 g/mol. The van der Waals surface area contributed by atoms with Gasteiger partial charge in [-0.25, -0.2) is 9.97 Å². The van der Waals surface area contributed by atoms with Gasteiger partial charge in [0, 0.05) is 7.05 Å². The van der Waals surface area contributed by atoms with Gasteiger partial charge in [0.25, 0.3) is 0 Å². The lowest BCUT2D eigenvalue weighted by Gasteiger charge is -1.89. The van der Waals surface area contributed by atoms with Crippen LogP contribution >= 0.6 is 22.7 Å². The molecule has 0 aliphatic rings. The quantitative estimate of drug-likeness (QED) is 0.569. The zero-order chi connectivity index (χ0) is 9.00. The van der Waals surface area contributed by atoms with Crippen LogP contribution in [0.2, 0.25) is 0 Å². The van der Waals surface area contributed by atoms with E-state index in [1.165, 1.54) is 9.40 Å². The lowest BCUT2D eigenvalue weighted by atomic mass is 10.6. The standard InChI is InChI=1S/C8H7N3S2/c1-4-10-8-6(13-4)5-7(11(8)2)9-3-12-5/h3H,1-2H3. The summed E-state index contributed by atoms with van der Waals surface area (Å²) in [6.07, 6.45) is 0. The minimum atomic E-state index is 1.05. The second-order valence-corrected chi connectivity index (χ2v) is 5.01. The third-order valence-electron chi connectivity index (χ3n) is 2.11. The van der Waals surface area contributed by atoms with Crippen molar-refractivity contribution in [2.75, 3.05) is 0 Å². The molecule has 66 valence electrons. The maximum Gasteiger partial charge on any atom is 0.154 e. The minimum absolute atomic E-state index is 1.05. The summed E-state index contributed by atoms with van der Waals surface area (Å²) in [5, 5.41) is 1.12. The lowest BCUT2D eigenvalue weighted by molar-refractivity contribution is 0.971. The first-order valence-corrected chi connectivity index (χ1v) is 5.62. The highest BCUT2D eigenvalue weighted by molar-refractivity contribution is 7.26. The van der Waals surface area contributed by atoms with Gasteiger partial charge >= 0.3 is 0 Å². The van der Waals surface area contributed by atoms with Gasteiger partial charge in [-0.05, 0) is 6.92 Å². The lowest BCUT2D eigenvalue weighted by Crippen LogP contribution is -1.87. The molecule has 5 heteroatoms. The zero-order valence-electron chi connectivity index (χ0n) is 7.24. The SMILES string of the molecule is Cc1nc2c(s1)c1scnc1n2C. The fourth-order valence-electron chi connectivity index (χ4n) is 1.53. The van der Waals surface area contributed by atoms with E-state index in [0.29, 0.717) is 0 Å². The number of hydrogen-bond donors (Lipinski definition) is 0. The van der Waals surface area contributed by atoms with Crippen LogP contribution in [0.1, 0.15) is 5.01 Å². The zero-order valence-corrected chi connectivity index (χ0v) is 8.87. The summed E-state index contributed by atoms with van der Waals surface area (Å²) in [7, 11) is 2.02. The molecule has 0 aliphatic carbocycles. The maximum atomic E-state index is 4.47. The van der Waals surface area contributed by atoms with Crippen LogP contribution in [0.5, 0.6) is 0 Å². The molecule has 13 heavy (non-hydrogen) atoms. The number of nitrogens with zero attached hydrogens (tertiary/aromatic N) is 3. The van der Waals surface area contributed by atoms with Crippen molar-refractivity contribution in [3.8, 4) is 0 Å². The molecule has 0 aromatic carbocycles. The number of rotatable bonds is 0. The Morgan fingerprint density at radius 3 is 3.00 bits per heavy atom. The summed E-state index contributed by atoms with van der Waals surface area (Å²) in [5.41, 5.74) is 4.01. The van der Waals surface area contributed by atoms with Crippen LogP contribution in [0.3, 0.4) is 0 Å². The average molecular weight is 209 g/mol. The van der Waals surface area contributed by atoms with Gasteiger partial charge in [-0.2, -0.15) is 0 Å². The van der Waals surface area contributed by atoms with Gasteiger partial charge in [-0.1, -0.05) is 0 Å². The molecular weight excluding hydrogens is 202 g/mol. The number of fused-ring (bicyclic) bond motifs is 3. The van der Waals surface area contributed by atoms with Gasteiger partial charge in [0.1, 0.15) is 0 Å². The predicted octanol–water partition coefficient (Wildman–Crippen LogP) is 2.55. The number of aromatic nitrogens is 3. The number of hydrogen-bond acceptors (Lipinski definition) is 4. The van der Waals surface area contributed by atoms with Gasteiger partial charge in [0.05, 0.1) is 19.9 Å². The molecule has 0 saturated carbocycles. The molecule has 0 fully saturated rings. The summed E-state index contributed by atoms with van der Waals surface area (Å²) in [5.74, 6) is 0. The van der Waals surface area contributed by atoms with E-state index in [4.69, 9.17) is 0 Å². The van der Waals surface area contributed by atoms with Gasteiger partial charge in [0.2, 0.25) is 0 Å². The van der Waals surface area contributed by atoms with E-state index in [1.54, 1.807) is 22.7 Å². The fraction of sp³-hybridized carbons (Fsp3) is 0.250. The van der Waals surface area contributed by atoms with E-state index in [2.05, 4.69) is 14.5 Å². The van der Waals surface area contributed by atoms with Crippen LogP contribution in [0.4, 0.5) is 0 Å². The second-order valence-electron chi connectivity index (χ2n) is 2.95. The molecule has 3 aromatic heterocycles. The third kappa shape index (κ3) is 0.831. The number of aryl methyl sites for hydroxylation is 2. The number of thiazole rings is 2. The normalized spacial score (nSPS) is 11.8. The van der Waals surface area contributed by atoms with E-state index in [0.717, 1.165) is 16.3 Å². The van der Waals surface area contributed by atoms with Gasteiger partial charge in [-0.3, -0.25) is 0 Å². The Labute approximate surface area is 82.7 Å². The van der Waals surface area contributed by atoms with Crippen molar-refractivity contribution in [2.45, 2.75) is 6.92 Å². The molecule has 0 bridgehead atoms. The molecule has 0 amide bonds. The van der Waals surface area contributed by atoms with Crippen molar-refractivity contribution in [3.05, 3.63) is 10.5 Å². The van der Waals surface area contributed by atoms with Crippen LogP contribution in [0, 0.1) is 6.92 Å². The molecule has 3 nitrogen and oxygen atoms in total. The van der Waals surface area contributed by atoms with E-state index in [-0.39, 0.29) is 0 Å². The molecule has 0 unspecified atom stereocenters. The Hall–Kier alpha value is -0.940. The highest BCUT2D eigenvalue weighted by Crippen LogP contribution is 2.33. The Bertz CT molecular complexity index is 587. The highest BCUT2D eigenvalue weighted by atomic mass is 32.1. The van der Waals surface area contributed by atoms with Crippen molar-refractivity contribution in [3.63, 3.8) is 0 Å². The molecule has 0 spiro atoms. The topological polar surface area (TPSA) is 30.7 Å². The van der Waals surface area contributed by atoms with Crippen molar-refractivity contribution < 1.29 is 0 Å². The summed E-state index contributed by atoms with van der Waals surface area (Å²) in [6.45, 7) is 2.04. The molecule has 0 atom stereocenters. The molecule has 3 rings (SSSR count). The van der Waals surface area contributed by atoms with Crippen LogP contribution in [-0.4, -0.2) is 14.5 Å². The molecular formula is C8H7N3S2. The van der Waals surface area contributed by atoms with Crippen molar-refractivity contribution in [1.29, 1.82) is 0 Å². The van der Waals surface area contributed by atoms with E-state index < -0.39 is 0 Å². The highest BCUT2D eigenvalue weighted by Gasteiger charge is 2.13. The van der Waals surface area contributed by atoms with Crippen LogP contribution in [0.15, 0.2) is 5.51 Å². The van der Waals surface area contributed by atoms with E-state index in [1.807, 2.05) is 19.5 Å². The summed E-state index contributed by atoms with van der Waals surface area (Å²) in [6, 6.07) is 0. The van der Waals surface area contributed by atoms with E-state index in [9.17, 15) is 0 Å². The molecule has 0 radical (unpaired) electrons. The predicted molar refractivity (Wildman–Crippen MR) is 56.5 cm³/mol. The van der Waals surface area contributed by atoms with Crippen LogP contribution in [0.25, 0.3) is 20.7 Å². The second kappa shape index (κ2) is 2.30. The summed E-state index contributed by atoms with van der Waals surface area (Å²) < 4.78 is 4.60. The summed E-state index contributed by atoms with van der Waals surface area (Å²) in [4.78, 5) is 8.78. The molecule has 0 aliphatic heterocycles. The minimum Gasteiger partial charge on any atom is -0.312 e. The van der Waals surface area contributed by atoms with Gasteiger partial charge in [0.15, 0.2) is 11.3 Å². The van der Waals surface area contributed by atoms with Crippen molar-refractivity contribution in [2.24, 2.45) is 7.05 Å². The Balaban J connectivity index is 2.68. The Morgan fingerprint density at radius 1 is 1.31 bits per heavy atom. The molecule has 3 aromatic rings. The largest absolute Gasteiger partial charge is 0.312 e. The Morgan fingerprint density at radius 2 is 2.15 bits per heavy atom. The van der Waals surface area contributed by atoms with Crippen molar-refractivity contribution >= 4 is 43.4 Å². The van der Waals surface area contributed by atoms with Gasteiger partial charge < -0.3 is 4.57 Å². The van der Waals surface area contributed by atoms with Gasteiger partial charge in [-0.15, -0.1) is 22.7 Å². The fourth-order valence-corrected chi connectivity index (χ4v) is 3.43. The van der Waals surface area contributed by atoms with Crippen molar-refractivity contribution in [1.82, 2.24) is 14.5 Å². The van der Waals surface area contributed by atoms with Crippen LogP contribution in [-0.2, 0) is 7.05 Å². The molecule has 0 saturated heterocycles. The first-order valence-electron chi connectivity index (χ1n) is 3.92. The molecule has 0 N–H and O–H groups in total. The Kier molecular flexibility index (Phi) is 1.32. The average Bonchev–Trinajstić information content (AvgIpc) is 2.70. The smallest absolute Gasteiger partial charge is 0.154 e. The maximum absolute atomic E-state index is 4.47. The first kappa shape index (κ1) is 7.46. The first-order chi connectivity index (χ1) is 6.27. The van der Waals surface area contributed by atoms with Crippen LogP contribution < -0.4 is 0 Å². The van der Waals surface area contributed by atoms with E-state index >= 15 is 0 Å². The molecule has 3 heterocycles. The summed E-state index contributed by atoms with van der Waals surface area (Å²) >= 11 is 3.43.